The molecule has 0 bridgehead atoms. The second kappa shape index (κ2) is 7.81. The number of amides is 1. The molecule has 3 heterocycles. The Morgan fingerprint density at radius 1 is 1.36 bits per heavy atom. The Kier molecular flexibility index (Phi) is 5.40. The number of hydrogen-bond donors (Lipinski definition) is 1. The van der Waals surface area contributed by atoms with Gasteiger partial charge in [-0.2, -0.15) is 0 Å². The zero-order valence-corrected chi connectivity index (χ0v) is 17.6. The van der Waals surface area contributed by atoms with Gasteiger partial charge in [0.15, 0.2) is 0 Å². The monoisotopic (exact) mass is 418 g/mol. The van der Waals surface area contributed by atoms with Crippen molar-refractivity contribution >= 4 is 40.1 Å². The first-order valence-corrected chi connectivity index (χ1v) is 10.7. The molecule has 2 aliphatic rings. The second-order valence-corrected chi connectivity index (χ2v) is 8.79. The van der Waals surface area contributed by atoms with Gasteiger partial charge in [0.1, 0.15) is 16.4 Å². The van der Waals surface area contributed by atoms with Crippen LogP contribution in [0.4, 0.5) is 5.13 Å². The van der Waals surface area contributed by atoms with Crippen molar-refractivity contribution in [2.75, 3.05) is 25.0 Å². The van der Waals surface area contributed by atoms with E-state index in [2.05, 4.69) is 32.6 Å². The predicted molar refractivity (Wildman–Crippen MR) is 112 cm³/mol. The third-order valence-corrected chi connectivity index (χ3v) is 6.65. The first-order chi connectivity index (χ1) is 13.5. The standard InChI is InChI=1S/C20H23ClN4O2S/c1-3-18-23-24-19(28-18)22-17(26)12-25-8-6-20(7-9-25)5-4-14-11-15(21)13(2)10-16(14)27-20/h4-5,10-11H,3,6-9,12H2,1-2H3,(H,22,24,26). The lowest BCUT2D eigenvalue weighted by atomic mass is 9.88. The second-order valence-electron chi connectivity index (χ2n) is 7.32. The van der Waals surface area contributed by atoms with Crippen LogP contribution in [0.1, 0.15) is 35.9 Å². The Morgan fingerprint density at radius 3 is 2.86 bits per heavy atom. The highest BCUT2D eigenvalue weighted by Crippen LogP contribution is 2.39. The zero-order valence-electron chi connectivity index (χ0n) is 16.0. The molecule has 28 heavy (non-hydrogen) atoms. The van der Waals surface area contributed by atoms with Crippen molar-refractivity contribution in [3.63, 3.8) is 0 Å². The van der Waals surface area contributed by atoms with Crippen LogP contribution in [0.3, 0.4) is 0 Å². The maximum atomic E-state index is 12.3. The van der Waals surface area contributed by atoms with Crippen LogP contribution < -0.4 is 10.1 Å². The minimum absolute atomic E-state index is 0.0505. The Morgan fingerprint density at radius 2 is 2.14 bits per heavy atom. The number of piperidine rings is 1. The number of ether oxygens (including phenoxy) is 1. The van der Waals surface area contributed by atoms with Gasteiger partial charge >= 0.3 is 0 Å². The van der Waals surface area contributed by atoms with Gasteiger partial charge in [0.2, 0.25) is 11.0 Å². The van der Waals surface area contributed by atoms with E-state index in [1.165, 1.54) is 11.3 Å². The lowest BCUT2D eigenvalue weighted by molar-refractivity contribution is -0.118. The van der Waals surface area contributed by atoms with Crippen LogP contribution in [0.2, 0.25) is 5.02 Å². The number of nitrogens with one attached hydrogen (secondary N) is 1. The molecular weight excluding hydrogens is 396 g/mol. The molecule has 1 spiro atoms. The third-order valence-electron chi connectivity index (χ3n) is 5.26. The minimum atomic E-state index is -0.296. The van der Waals surface area contributed by atoms with Gasteiger partial charge in [-0.05, 0) is 37.1 Å². The van der Waals surface area contributed by atoms with Crippen molar-refractivity contribution in [1.29, 1.82) is 0 Å². The molecule has 8 heteroatoms. The van der Waals surface area contributed by atoms with Crippen molar-refractivity contribution in [3.8, 4) is 5.75 Å². The number of carbonyl (C=O) groups excluding carboxylic acids is 1. The summed E-state index contributed by atoms with van der Waals surface area (Å²) in [4.78, 5) is 14.5. The van der Waals surface area contributed by atoms with Crippen LogP contribution in [-0.4, -0.2) is 46.2 Å². The Bertz CT molecular complexity index is 919. The largest absolute Gasteiger partial charge is 0.482 e. The fourth-order valence-corrected chi connectivity index (χ4v) is 4.42. The predicted octanol–water partition coefficient (Wildman–Crippen LogP) is 3.94. The van der Waals surface area contributed by atoms with Gasteiger partial charge in [-0.25, -0.2) is 0 Å². The van der Waals surface area contributed by atoms with E-state index < -0.39 is 0 Å². The van der Waals surface area contributed by atoms with Crippen molar-refractivity contribution in [2.45, 2.75) is 38.7 Å². The molecule has 0 radical (unpaired) electrons. The molecule has 1 amide bonds. The molecule has 1 fully saturated rings. The van der Waals surface area contributed by atoms with Gasteiger partial charge < -0.3 is 4.74 Å². The summed E-state index contributed by atoms with van der Waals surface area (Å²) in [6.45, 7) is 5.96. The molecular formula is C20H23ClN4O2S. The number of anilines is 1. The number of fused-ring (bicyclic) bond motifs is 1. The fraction of sp³-hybridized carbons (Fsp3) is 0.450. The average Bonchev–Trinajstić information content (AvgIpc) is 3.13. The van der Waals surface area contributed by atoms with Gasteiger partial charge in [-0.1, -0.05) is 35.9 Å². The van der Waals surface area contributed by atoms with Crippen LogP contribution >= 0.6 is 22.9 Å². The summed E-state index contributed by atoms with van der Waals surface area (Å²) in [7, 11) is 0. The van der Waals surface area contributed by atoms with Crippen LogP contribution in [0, 0.1) is 6.92 Å². The SMILES string of the molecule is CCc1nnc(NC(=O)CN2CCC3(C=Cc4cc(Cl)c(C)cc4O3)CC2)s1. The molecule has 0 atom stereocenters. The first kappa shape index (κ1) is 19.4. The Balaban J connectivity index is 1.33. The summed E-state index contributed by atoms with van der Waals surface area (Å²) in [6.07, 6.45) is 6.76. The topological polar surface area (TPSA) is 67.4 Å². The van der Waals surface area contributed by atoms with Gasteiger partial charge in [-0.3, -0.25) is 15.0 Å². The highest BCUT2D eigenvalue weighted by atomic mass is 35.5. The maximum Gasteiger partial charge on any atom is 0.240 e. The summed E-state index contributed by atoms with van der Waals surface area (Å²) in [5.41, 5.74) is 1.74. The fourth-order valence-electron chi connectivity index (χ4n) is 3.55. The molecule has 1 saturated heterocycles. The van der Waals surface area contributed by atoms with Crippen LogP contribution in [0.15, 0.2) is 18.2 Å². The van der Waals surface area contributed by atoms with Crippen LogP contribution in [-0.2, 0) is 11.2 Å². The zero-order chi connectivity index (χ0) is 19.7. The van der Waals surface area contributed by atoms with Crippen molar-refractivity contribution in [3.05, 3.63) is 39.4 Å². The highest BCUT2D eigenvalue weighted by Gasteiger charge is 2.37. The van der Waals surface area contributed by atoms with Crippen molar-refractivity contribution < 1.29 is 9.53 Å². The summed E-state index contributed by atoms with van der Waals surface area (Å²) in [6, 6.07) is 3.96. The minimum Gasteiger partial charge on any atom is -0.482 e. The first-order valence-electron chi connectivity index (χ1n) is 9.49. The average molecular weight is 419 g/mol. The van der Waals surface area contributed by atoms with E-state index in [4.69, 9.17) is 16.3 Å². The molecule has 148 valence electrons. The van der Waals surface area contributed by atoms with Crippen LogP contribution in [0.5, 0.6) is 5.75 Å². The summed E-state index contributed by atoms with van der Waals surface area (Å²) >= 11 is 7.64. The van der Waals surface area contributed by atoms with Gasteiger partial charge in [-0.15, -0.1) is 10.2 Å². The highest BCUT2D eigenvalue weighted by molar-refractivity contribution is 7.15. The molecule has 2 aliphatic heterocycles. The molecule has 1 aromatic heterocycles. The molecule has 0 unspecified atom stereocenters. The number of aromatic nitrogens is 2. The number of benzene rings is 1. The number of hydrogen-bond acceptors (Lipinski definition) is 6. The quantitative estimate of drug-likeness (QED) is 0.814. The van der Waals surface area contributed by atoms with Crippen molar-refractivity contribution in [2.24, 2.45) is 0 Å². The maximum absolute atomic E-state index is 12.3. The molecule has 6 nitrogen and oxygen atoms in total. The number of carbonyl (C=O) groups is 1. The number of halogens is 1. The number of aryl methyl sites for hydroxylation is 2. The third kappa shape index (κ3) is 4.06. The van der Waals surface area contributed by atoms with E-state index in [1.54, 1.807) is 0 Å². The number of rotatable bonds is 4. The normalized spacial score (nSPS) is 18.0. The Labute approximate surface area is 173 Å². The lowest BCUT2D eigenvalue weighted by Gasteiger charge is -2.41. The van der Waals surface area contributed by atoms with E-state index in [0.29, 0.717) is 11.7 Å². The van der Waals surface area contributed by atoms with E-state index in [0.717, 1.165) is 59.3 Å². The van der Waals surface area contributed by atoms with Gasteiger partial charge in [0, 0.05) is 36.5 Å². The molecule has 1 N–H and O–H groups in total. The lowest BCUT2D eigenvalue weighted by Crippen LogP contribution is -2.49. The van der Waals surface area contributed by atoms with Crippen molar-refractivity contribution in [1.82, 2.24) is 15.1 Å². The summed E-state index contributed by atoms with van der Waals surface area (Å²) in [5, 5.41) is 13.1. The van der Waals surface area contributed by atoms with E-state index >= 15 is 0 Å². The molecule has 4 rings (SSSR count). The van der Waals surface area contributed by atoms with E-state index in [-0.39, 0.29) is 11.5 Å². The molecule has 2 aromatic rings. The number of likely N-dealkylation sites (tertiary alicyclic amines) is 1. The number of nitrogens with zero attached hydrogens (tertiary/aromatic N) is 3. The van der Waals surface area contributed by atoms with Crippen LogP contribution in [0.25, 0.3) is 6.08 Å². The van der Waals surface area contributed by atoms with Gasteiger partial charge in [0.05, 0.1) is 6.54 Å². The molecule has 1 aromatic carbocycles. The van der Waals surface area contributed by atoms with E-state index in [9.17, 15) is 4.79 Å². The molecule has 0 saturated carbocycles. The summed E-state index contributed by atoms with van der Waals surface area (Å²) in [5.74, 6) is 0.837. The van der Waals surface area contributed by atoms with E-state index in [1.807, 2.05) is 26.0 Å². The molecule has 0 aliphatic carbocycles. The summed E-state index contributed by atoms with van der Waals surface area (Å²) < 4.78 is 6.37. The van der Waals surface area contributed by atoms with Gasteiger partial charge in [0.25, 0.3) is 0 Å². The Hall–Kier alpha value is -1.96. The smallest absolute Gasteiger partial charge is 0.240 e.